The number of anilines is 1. The van der Waals surface area contributed by atoms with Gasteiger partial charge in [0.1, 0.15) is 23.3 Å². The normalized spacial score (nSPS) is 17.6. The molecule has 34 heavy (non-hydrogen) atoms. The number of hydrogen-bond acceptors (Lipinski definition) is 4. The molecule has 0 saturated carbocycles. The van der Waals surface area contributed by atoms with Gasteiger partial charge >= 0.3 is 0 Å². The maximum absolute atomic E-state index is 6.46. The molecular formula is C26H21Cl2N3O2S. The molecule has 5 nitrogen and oxygen atoms in total. The van der Waals surface area contributed by atoms with Crippen molar-refractivity contribution in [3.8, 4) is 17.1 Å². The van der Waals surface area contributed by atoms with E-state index in [1.165, 1.54) is 0 Å². The number of nitrogens with one attached hydrogen (secondary N) is 1. The lowest BCUT2D eigenvalue weighted by Crippen LogP contribution is -2.29. The van der Waals surface area contributed by atoms with Gasteiger partial charge in [0.15, 0.2) is 5.11 Å². The third-order valence-corrected chi connectivity index (χ3v) is 6.74. The predicted molar refractivity (Wildman–Crippen MR) is 140 cm³/mol. The Labute approximate surface area is 213 Å². The van der Waals surface area contributed by atoms with Gasteiger partial charge in [0, 0.05) is 22.5 Å². The van der Waals surface area contributed by atoms with Crippen LogP contribution < -0.4 is 15.0 Å². The van der Waals surface area contributed by atoms with E-state index in [-0.39, 0.29) is 12.1 Å². The van der Waals surface area contributed by atoms with Gasteiger partial charge in [-0.15, -0.1) is 0 Å². The van der Waals surface area contributed by atoms with Crippen LogP contribution in [0.1, 0.15) is 29.1 Å². The van der Waals surface area contributed by atoms with Crippen LogP contribution in [0, 0.1) is 6.92 Å². The highest BCUT2D eigenvalue weighted by atomic mass is 35.5. The number of thiocarbonyl (C=S) groups is 1. The number of aromatic nitrogens is 1. The highest BCUT2D eigenvalue weighted by Gasteiger charge is 2.42. The first-order valence-electron chi connectivity index (χ1n) is 10.7. The van der Waals surface area contributed by atoms with E-state index in [0.29, 0.717) is 20.9 Å². The van der Waals surface area contributed by atoms with Crippen molar-refractivity contribution in [1.82, 2.24) is 10.3 Å². The lowest BCUT2D eigenvalue weighted by Gasteiger charge is -2.26. The third-order valence-electron chi connectivity index (χ3n) is 5.90. The summed E-state index contributed by atoms with van der Waals surface area (Å²) in [5.74, 6) is 2.07. The number of benzene rings is 2. The van der Waals surface area contributed by atoms with Crippen LogP contribution in [-0.4, -0.2) is 17.2 Å². The molecule has 0 radical (unpaired) electrons. The lowest BCUT2D eigenvalue weighted by atomic mass is 10.0. The lowest BCUT2D eigenvalue weighted by molar-refractivity contribution is 0.415. The van der Waals surface area contributed by atoms with E-state index in [2.05, 4.69) is 10.3 Å². The molecule has 0 amide bonds. The largest absolute Gasteiger partial charge is 0.495 e. The van der Waals surface area contributed by atoms with Crippen LogP contribution in [0.25, 0.3) is 11.3 Å². The fraction of sp³-hybridized carbons (Fsp3) is 0.154. The molecule has 0 unspecified atom stereocenters. The average molecular weight is 510 g/mol. The van der Waals surface area contributed by atoms with E-state index in [1.807, 2.05) is 78.6 Å². The fourth-order valence-electron chi connectivity index (χ4n) is 4.24. The minimum absolute atomic E-state index is 0.228. The monoisotopic (exact) mass is 509 g/mol. The van der Waals surface area contributed by atoms with Crippen molar-refractivity contribution in [3.05, 3.63) is 100.0 Å². The van der Waals surface area contributed by atoms with Gasteiger partial charge < -0.3 is 19.4 Å². The van der Waals surface area contributed by atoms with Gasteiger partial charge in [-0.25, -0.2) is 0 Å². The highest BCUT2D eigenvalue weighted by molar-refractivity contribution is 7.80. The Morgan fingerprint density at radius 1 is 1.06 bits per heavy atom. The summed E-state index contributed by atoms with van der Waals surface area (Å²) in [5, 5.41) is 5.13. The maximum atomic E-state index is 6.46. The van der Waals surface area contributed by atoms with Crippen LogP contribution in [0.15, 0.2) is 77.3 Å². The standard InChI is InChI=1S/C26H21Cl2N3O2S/c1-15-6-7-16(27)13-18(15)21-10-11-23(33-21)25-24(20-5-3-4-12-29-20)30-26(34)31(25)17-8-9-22(32-2)19(28)14-17/h3-14,24-25H,1-2H3,(H,30,34)/t24-,25-/m1/s1. The molecule has 8 heteroatoms. The number of furan rings is 1. The summed E-state index contributed by atoms with van der Waals surface area (Å²) >= 11 is 18.5. The minimum atomic E-state index is -0.292. The molecule has 1 saturated heterocycles. The summed E-state index contributed by atoms with van der Waals surface area (Å²) in [6.07, 6.45) is 1.77. The second kappa shape index (κ2) is 9.29. The molecule has 172 valence electrons. The molecule has 1 fully saturated rings. The number of pyridine rings is 1. The topological polar surface area (TPSA) is 50.5 Å². The van der Waals surface area contributed by atoms with E-state index >= 15 is 0 Å². The Kier molecular flexibility index (Phi) is 6.21. The van der Waals surface area contributed by atoms with Crippen LogP contribution in [-0.2, 0) is 0 Å². The molecule has 4 aromatic rings. The number of nitrogens with zero attached hydrogens (tertiary/aromatic N) is 2. The van der Waals surface area contributed by atoms with Crippen molar-refractivity contribution in [2.45, 2.75) is 19.0 Å². The number of methoxy groups -OCH3 is 1. The van der Waals surface area contributed by atoms with Crippen molar-refractivity contribution in [3.63, 3.8) is 0 Å². The molecule has 0 aliphatic carbocycles. The Morgan fingerprint density at radius 3 is 2.65 bits per heavy atom. The molecule has 3 heterocycles. The highest BCUT2D eigenvalue weighted by Crippen LogP contribution is 2.44. The second-order valence-electron chi connectivity index (χ2n) is 7.98. The third kappa shape index (κ3) is 4.13. The van der Waals surface area contributed by atoms with Gasteiger partial charge in [0.2, 0.25) is 0 Å². The molecule has 2 aromatic carbocycles. The van der Waals surface area contributed by atoms with E-state index < -0.39 is 0 Å². The van der Waals surface area contributed by atoms with Crippen molar-refractivity contribution in [2.75, 3.05) is 12.0 Å². The first-order valence-corrected chi connectivity index (χ1v) is 11.8. The number of aryl methyl sites for hydroxylation is 1. The second-order valence-corrected chi connectivity index (χ2v) is 9.21. The maximum Gasteiger partial charge on any atom is 0.174 e. The molecule has 2 atom stereocenters. The molecule has 2 aromatic heterocycles. The van der Waals surface area contributed by atoms with E-state index in [4.69, 9.17) is 44.6 Å². The Hall–Kier alpha value is -3.06. The molecular weight excluding hydrogens is 489 g/mol. The van der Waals surface area contributed by atoms with E-state index in [1.54, 1.807) is 13.3 Å². The minimum Gasteiger partial charge on any atom is -0.495 e. The first-order chi connectivity index (χ1) is 16.5. The zero-order chi connectivity index (χ0) is 23.8. The molecule has 5 rings (SSSR count). The molecule has 0 spiro atoms. The van der Waals surface area contributed by atoms with Crippen LogP contribution in [0.3, 0.4) is 0 Å². The summed E-state index contributed by atoms with van der Waals surface area (Å²) in [6.45, 7) is 2.03. The van der Waals surface area contributed by atoms with Crippen LogP contribution >= 0.6 is 35.4 Å². The molecule has 0 bridgehead atoms. The number of rotatable bonds is 5. The van der Waals surface area contributed by atoms with Crippen molar-refractivity contribution < 1.29 is 9.15 Å². The summed E-state index contributed by atoms with van der Waals surface area (Å²) in [7, 11) is 1.59. The van der Waals surface area contributed by atoms with Gasteiger partial charge in [0.25, 0.3) is 0 Å². The smallest absolute Gasteiger partial charge is 0.174 e. The first kappa shape index (κ1) is 22.7. The van der Waals surface area contributed by atoms with E-state index in [9.17, 15) is 0 Å². The number of ether oxygens (including phenoxy) is 1. The number of hydrogen-bond donors (Lipinski definition) is 1. The molecule has 1 aliphatic rings. The fourth-order valence-corrected chi connectivity index (χ4v) is 5.01. The summed E-state index contributed by atoms with van der Waals surface area (Å²) in [5.41, 5.74) is 3.70. The average Bonchev–Trinajstić information content (AvgIpc) is 3.45. The summed E-state index contributed by atoms with van der Waals surface area (Å²) in [4.78, 5) is 6.59. The number of halogens is 2. The van der Waals surface area contributed by atoms with Crippen LogP contribution in [0.4, 0.5) is 5.69 Å². The quantitative estimate of drug-likeness (QED) is 0.288. The van der Waals surface area contributed by atoms with Gasteiger partial charge in [-0.05, 0) is 79.3 Å². The van der Waals surface area contributed by atoms with Crippen molar-refractivity contribution in [1.29, 1.82) is 0 Å². The van der Waals surface area contributed by atoms with Gasteiger partial charge in [-0.3, -0.25) is 4.98 Å². The van der Waals surface area contributed by atoms with Gasteiger partial charge in [-0.1, -0.05) is 35.3 Å². The van der Waals surface area contributed by atoms with Gasteiger partial charge in [-0.2, -0.15) is 0 Å². The van der Waals surface area contributed by atoms with Crippen molar-refractivity contribution >= 4 is 46.2 Å². The zero-order valence-corrected chi connectivity index (χ0v) is 20.8. The Balaban J connectivity index is 1.62. The van der Waals surface area contributed by atoms with Crippen LogP contribution in [0.5, 0.6) is 5.75 Å². The molecule has 1 N–H and O–H groups in total. The van der Waals surface area contributed by atoms with Crippen LogP contribution in [0.2, 0.25) is 10.0 Å². The molecule has 1 aliphatic heterocycles. The Morgan fingerprint density at radius 2 is 1.91 bits per heavy atom. The Bertz CT molecular complexity index is 1360. The predicted octanol–water partition coefficient (Wildman–Crippen LogP) is 7.14. The van der Waals surface area contributed by atoms with E-state index in [0.717, 1.165) is 34.0 Å². The SMILES string of the molecule is COc1ccc(N2C(=S)N[C@H](c3ccccn3)[C@H]2c2ccc(-c3cc(Cl)ccc3C)o2)cc1Cl. The zero-order valence-electron chi connectivity index (χ0n) is 18.5. The van der Waals surface area contributed by atoms with Crippen molar-refractivity contribution in [2.24, 2.45) is 0 Å². The summed E-state index contributed by atoms with van der Waals surface area (Å²) < 4.78 is 11.8. The summed E-state index contributed by atoms with van der Waals surface area (Å²) in [6, 6.07) is 20.6. The van der Waals surface area contributed by atoms with Gasteiger partial charge in [0.05, 0.1) is 23.9 Å².